The molecule has 1 heterocycles. The number of hydrogen-bond donors (Lipinski definition) is 1. The molecule has 0 aliphatic heterocycles. The summed E-state index contributed by atoms with van der Waals surface area (Å²) in [4.78, 5) is 4.31. The summed E-state index contributed by atoms with van der Waals surface area (Å²) >= 11 is 1.90. The van der Waals surface area contributed by atoms with Crippen molar-refractivity contribution < 1.29 is 0 Å². The third-order valence-electron chi connectivity index (χ3n) is 2.09. The van der Waals surface area contributed by atoms with E-state index in [1.807, 2.05) is 24.2 Å². The molecular weight excluding hydrogens is 206 g/mol. The van der Waals surface area contributed by atoms with Crippen molar-refractivity contribution in [1.82, 2.24) is 9.55 Å². The fourth-order valence-electron chi connectivity index (χ4n) is 1.53. The van der Waals surface area contributed by atoms with E-state index in [1.165, 1.54) is 5.75 Å². The molecule has 0 saturated carbocycles. The average Bonchev–Trinajstić information content (AvgIpc) is 2.52. The van der Waals surface area contributed by atoms with Gasteiger partial charge in [-0.05, 0) is 31.8 Å². The fraction of sp³-hybridized carbons (Fsp3) is 0.727. The second-order valence-electron chi connectivity index (χ2n) is 4.26. The van der Waals surface area contributed by atoms with Gasteiger partial charge in [0.1, 0.15) is 0 Å². The van der Waals surface area contributed by atoms with Crippen LogP contribution in [0.25, 0.3) is 0 Å². The number of thioether (sulfide) groups is 1. The van der Waals surface area contributed by atoms with Crippen LogP contribution in [0.4, 0.5) is 5.95 Å². The zero-order valence-corrected chi connectivity index (χ0v) is 10.8. The van der Waals surface area contributed by atoms with E-state index in [0.717, 1.165) is 12.5 Å². The van der Waals surface area contributed by atoms with E-state index in [-0.39, 0.29) is 0 Å². The molecule has 86 valence electrons. The first-order valence-corrected chi connectivity index (χ1v) is 6.79. The quantitative estimate of drug-likeness (QED) is 0.810. The summed E-state index contributed by atoms with van der Waals surface area (Å²) < 4.78 is 2.20. The lowest BCUT2D eigenvalue weighted by Gasteiger charge is -2.15. The minimum Gasteiger partial charge on any atom is -0.353 e. The predicted octanol–water partition coefficient (Wildman–Crippen LogP) is 2.70. The molecule has 1 aromatic heterocycles. The van der Waals surface area contributed by atoms with Gasteiger partial charge in [0, 0.05) is 25.0 Å². The van der Waals surface area contributed by atoms with Gasteiger partial charge in [-0.2, -0.15) is 11.8 Å². The van der Waals surface area contributed by atoms with Crippen LogP contribution in [0.5, 0.6) is 0 Å². The maximum Gasteiger partial charge on any atom is 0.202 e. The van der Waals surface area contributed by atoms with Gasteiger partial charge in [-0.15, -0.1) is 0 Å². The molecule has 1 N–H and O–H groups in total. The summed E-state index contributed by atoms with van der Waals surface area (Å²) in [7, 11) is 0. The molecule has 0 amide bonds. The smallest absolute Gasteiger partial charge is 0.202 e. The Morgan fingerprint density at radius 2 is 2.20 bits per heavy atom. The second-order valence-corrected chi connectivity index (χ2v) is 5.17. The monoisotopic (exact) mass is 227 g/mol. The second kappa shape index (κ2) is 6.05. The van der Waals surface area contributed by atoms with Crippen LogP contribution in [0, 0.1) is 5.92 Å². The summed E-state index contributed by atoms with van der Waals surface area (Å²) in [5, 5.41) is 3.35. The lowest BCUT2D eigenvalue weighted by molar-refractivity contribution is 0.533. The summed E-state index contributed by atoms with van der Waals surface area (Å²) in [5.74, 6) is 2.86. The molecule has 15 heavy (non-hydrogen) atoms. The van der Waals surface area contributed by atoms with Gasteiger partial charge in [0.2, 0.25) is 5.95 Å². The molecule has 1 unspecified atom stereocenters. The highest BCUT2D eigenvalue weighted by molar-refractivity contribution is 7.98. The van der Waals surface area contributed by atoms with Gasteiger partial charge < -0.3 is 9.88 Å². The van der Waals surface area contributed by atoms with E-state index in [4.69, 9.17) is 0 Å². The first kappa shape index (κ1) is 12.4. The van der Waals surface area contributed by atoms with Crippen LogP contribution >= 0.6 is 11.8 Å². The number of rotatable bonds is 6. The Hall–Kier alpha value is -0.640. The normalized spacial score (nSPS) is 13.1. The van der Waals surface area contributed by atoms with Crippen molar-refractivity contribution in [2.75, 3.05) is 17.3 Å². The summed E-state index contributed by atoms with van der Waals surface area (Å²) in [6.45, 7) is 7.57. The molecule has 0 bridgehead atoms. The average molecular weight is 227 g/mol. The first-order valence-electron chi connectivity index (χ1n) is 5.40. The van der Waals surface area contributed by atoms with Crippen LogP contribution in [0.15, 0.2) is 12.4 Å². The lowest BCUT2D eigenvalue weighted by atomic mass is 10.2. The number of nitrogens with one attached hydrogen (secondary N) is 1. The number of hydrogen-bond acceptors (Lipinski definition) is 3. The third kappa shape index (κ3) is 4.16. The first-order chi connectivity index (χ1) is 7.13. The Morgan fingerprint density at radius 3 is 2.80 bits per heavy atom. The van der Waals surface area contributed by atoms with Gasteiger partial charge in [-0.3, -0.25) is 0 Å². The minimum atomic E-state index is 0.432. The van der Waals surface area contributed by atoms with Crippen LogP contribution in [0.3, 0.4) is 0 Å². The van der Waals surface area contributed by atoms with Gasteiger partial charge in [-0.1, -0.05) is 6.92 Å². The molecule has 1 atom stereocenters. The van der Waals surface area contributed by atoms with Crippen molar-refractivity contribution in [1.29, 1.82) is 0 Å². The van der Waals surface area contributed by atoms with Crippen LogP contribution < -0.4 is 5.32 Å². The number of anilines is 1. The largest absolute Gasteiger partial charge is 0.353 e. The Balaban J connectivity index is 2.56. The zero-order chi connectivity index (χ0) is 11.3. The van der Waals surface area contributed by atoms with Crippen molar-refractivity contribution in [2.24, 2.45) is 5.92 Å². The molecule has 1 aromatic rings. The van der Waals surface area contributed by atoms with Gasteiger partial charge in [0.05, 0.1) is 0 Å². The topological polar surface area (TPSA) is 29.9 Å². The summed E-state index contributed by atoms with van der Waals surface area (Å²) in [5.41, 5.74) is 0. The van der Waals surface area contributed by atoms with Gasteiger partial charge in [0.25, 0.3) is 0 Å². The lowest BCUT2D eigenvalue weighted by Crippen LogP contribution is -2.17. The highest BCUT2D eigenvalue weighted by Gasteiger charge is 2.07. The van der Waals surface area contributed by atoms with E-state index in [9.17, 15) is 0 Å². The van der Waals surface area contributed by atoms with E-state index in [0.29, 0.717) is 12.0 Å². The highest BCUT2D eigenvalue weighted by Crippen LogP contribution is 2.12. The van der Waals surface area contributed by atoms with Crippen LogP contribution in [-0.4, -0.2) is 27.6 Å². The molecule has 1 rings (SSSR count). The van der Waals surface area contributed by atoms with Crippen LogP contribution in [0.2, 0.25) is 0 Å². The van der Waals surface area contributed by atoms with Crippen molar-refractivity contribution in [3.05, 3.63) is 12.4 Å². The van der Waals surface area contributed by atoms with E-state index in [2.05, 4.69) is 41.9 Å². The van der Waals surface area contributed by atoms with Crippen molar-refractivity contribution in [2.45, 2.75) is 33.4 Å². The van der Waals surface area contributed by atoms with Crippen LogP contribution in [0.1, 0.15) is 20.8 Å². The molecule has 0 saturated heterocycles. The zero-order valence-electron chi connectivity index (χ0n) is 10.0. The minimum absolute atomic E-state index is 0.432. The molecule has 3 nitrogen and oxygen atoms in total. The van der Waals surface area contributed by atoms with Gasteiger partial charge >= 0.3 is 0 Å². The van der Waals surface area contributed by atoms with E-state index >= 15 is 0 Å². The number of imidazole rings is 1. The summed E-state index contributed by atoms with van der Waals surface area (Å²) in [6.07, 6.45) is 6.05. The Labute approximate surface area is 96.7 Å². The van der Waals surface area contributed by atoms with E-state index < -0.39 is 0 Å². The Morgan fingerprint density at radius 1 is 1.47 bits per heavy atom. The van der Waals surface area contributed by atoms with Crippen molar-refractivity contribution >= 4 is 17.7 Å². The summed E-state index contributed by atoms with van der Waals surface area (Å²) in [6, 6.07) is 0.432. The van der Waals surface area contributed by atoms with Crippen molar-refractivity contribution in [3.8, 4) is 0 Å². The molecule has 0 aromatic carbocycles. The Kier molecular flexibility index (Phi) is 5.02. The van der Waals surface area contributed by atoms with Crippen LogP contribution in [-0.2, 0) is 6.54 Å². The van der Waals surface area contributed by atoms with Crippen molar-refractivity contribution in [3.63, 3.8) is 0 Å². The maximum absolute atomic E-state index is 4.31. The Bertz CT molecular complexity index is 283. The molecule has 0 aliphatic carbocycles. The highest BCUT2D eigenvalue weighted by atomic mass is 32.2. The third-order valence-corrected chi connectivity index (χ3v) is 3.00. The maximum atomic E-state index is 4.31. The molecule has 0 fully saturated rings. The SMILES string of the molecule is CSCC(C)Cn1ccnc1NC(C)C. The standard InChI is InChI=1S/C11H21N3S/c1-9(2)13-11-12-5-6-14(11)7-10(3)8-15-4/h5-6,9-10H,7-8H2,1-4H3,(H,12,13). The van der Waals surface area contributed by atoms with Gasteiger partial charge in [-0.25, -0.2) is 4.98 Å². The molecule has 0 radical (unpaired) electrons. The fourth-order valence-corrected chi connectivity index (χ4v) is 2.20. The molecule has 4 heteroatoms. The van der Waals surface area contributed by atoms with Gasteiger partial charge in [0.15, 0.2) is 0 Å². The number of aromatic nitrogens is 2. The molecule has 0 spiro atoms. The number of nitrogens with zero attached hydrogens (tertiary/aromatic N) is 2. The van der Waals surface area contributed by atoms with E-state index in [1.54, 1.807) is 0 Å². The molecular formula is C11H21N3S. The predicted molar refractivity (Wildman–Crippen MR) is 68.5 cm³/mol. The molecule has 0 aliphatic rings.